The molecule has 1 unspecified atom stereocenters. The molecule has 0 spiro atoms. The van der Waals surface area contributed by atoms with E-state index in [1.54, 1.807) is 11.1 Å². The lowest BCUT2D eigenvalue weighted by Gasteiger charge is -2.32. The third kappa shape index (κ3) is 4.66. The third-order valence-electron chi connectivity index (χ3n) is 6.90. The number of hydrogen-bond acceptors (Lipinski definition) is 8. The molecule has 6 rings (SSSR count). The van der Waals surface area contributed by atoms with Gasteiger partial charge < -0.3 is 34.1 Å². The van der Waals surface area contributed by atoms with E-state index in [1.165, 1.54) is 19.2 Å². The number of benzene rings is 1. The summed E-state index contributed by atoms with van der Waals surface area (Å²) < 4.78 is 23.3. The van der Waals surface area contributed by atoms with Crippen LogP contribution in [-0.4, -0.2) is 77.4 Å². The van der Waals surface area contributed by atoms with Gasteiger partial charge in [0.15, 0.2) is 11.5 Å². The number of carbonyl (C=O) groups excluding carboxylic acids is 2. The highest BCUT2D eigenvalue weighted by Crippen LogP contribution is 2.48. The highest BCUT2D eigenvalue weighted by Gasteiger charge is 2.29. The van der Waals surface area contributed by atoms with Crippen molar-refractivity contribution in [3.05, 3.63) is 30.2 Å². The normalized spacial score (nSPS) is 18.7. The van der Waals surface area contributed by atoms with Crippen molar-refractivity contribution in [3.8, 4) is 28.5 Å². The van der Waals surface area contributed by atoms with E-state index in [4.69, 9.17) is 18.9 Å². The van der Waals surface area contributed by atoms with Crippen LogP contribution < -0.4 is 19.5 Å². The first kappa shape index (κ1) is 23.5. The molecule has 11 heteroatoms. The van der Waals surface area contributed by atoms with E-state index >= 15 is 0 Å². The van der Waals surface area contributed by atoms with E-state index in [2.05, 4.69) is 20.3 Å². The number of aromatic nitrogens is 3. The number of aromatic amines is 1. The third-order valence-corrected chi connectivity index (χ3v) is 6.90. The maximum atomic E-state index is 13.1. The summed E-state index contributed by atoms with van der Waals surface area (Å²) in [6.45, 7) is 4.35. The highest BCUT2D eigenvalue weighted by atomic mass is 16.7. The summed E-state index contributed by atoms with van der Waals surface area (Å²) in [5.74, 6) is 2.20. The molecule has 2 aliphatic heterocycles. The van der Waals surface area contributed by atoms with E-state index in [0.717, 1.165) is 0 Å². The first-order chi connectivity index (χ1) is 18.1. The first-order valence-electron chi connectivity index (χ1n) is 12.7. The highest BCUT2D eigenvalue weighted by molar-refractivity contribution is 6.08. The molecule has 2 aromatic heterocycles. The largest absolute Gasteiger partial charge is 0.492 e. The second kappa shape index (κ2) is 9.89. The summed E-state index contributed by atoms with van der Waals surface area (Å²) >= 11 is 0. The van der Waals surface area contributed by atoms with Gasteiger partial charge in [0.2, 0.25) is 12.7 Å². The zero-order valence-electron chi connectivity index (χ0n) is 20.6. The summed E-state index contributed by atoms with van der Waals surface area (Å²) in [7, 11) is 0. The number of morpholine rings is 1. The van der Waals surface area contributed by atoms with Gasteiger partial charge in [0.05, 0.1) is 36.0 Å². The van der Waals surface area contributed by atoms with Crippen LogP contribution in [0.1, 0.15) is 36.5 Å². The van der Waals surface area contributed by atoms with Crippen molar-refractivity contribution in [3.63, 3.8) is 0 Å². The van der Waals surface area contributed by atoms with Crippen molar-refractivity contribution in [2.24, 2.45) is 5.92 Å². The molecule has 2 N–H and O–H groups in total. The fourth-order valence-corrected chi connectivity index (χ4v) is 4.69. The molecular formula is C26H29N5O6. The fourth-order valence-electron chi connectivity index (χ4n) is 4.69. The minimum atomic E-state index is -0.290. The van der Waals surface area contributed by atoms with Gasteiger partial charge >= 0.3 is 0 Å². The Kier molecular flexibility index (Phi) is 6.29. The fraction of sp³-hybridized carbons (Fsp3) is 0.462. The quantitative estimate of drug-likeness (QED) is 0.476. The molecule has 194 valence electrons. The van der Waals surface area contributed by atoms with Crippen LogP contribution in [0.5, 0.6) is 17.2 Å². The molecule has 4 heterocycles. The Morgan fingerprint density at radius 2 is 2.14 bits per heavy atom. The van der Waals surface area contributed by atoms with Gasteiger partial charge in [0, 0.05) is 32.3 Å². The summed E-state index contributed by atoms with van der Waals surface area (Å²) in [5, 5.41) is 2.92. The topological polar surface area (TPSA) is 128 Å². The van der Waals surface area contributed by atoms with E-state index in [9.17, 15) is 9.59 Å². The summed E-state index contributed by atoms with van der Waals surface area (Å²) in [5.41, 5.74) is 2.72. The maximum absolute atomic E-state index is 13.1. The molecule has 1 aliphatic carbocycles. The van der Waals surface area contributed by atoms with Gasteiger partial charge in [0.1, 0.15) is 23.3 Å². The average Bonchev–Trinajstić information content (AvgIpc) is 3.45. The number of H-pyrrole nitrogens is 1. The molecule has 2 fully saturated rings. The molecular weight excluding hydrogens is 478 g/mol. The molecule has 3 aliphatic rings. The van der Waals surface area contributed by atoms with Crippen LogP contribution in [0.4, 0.5) is 0 Å². The smallest absolute Gasteiger partial charge is 0.255 e. The molecule has 3 aromatic rings. The van der Waals surface area contributed by atoms with Gasteiger partial charge in [-0.1, -0.05) is 6.92 Å². The standard InChI is InChI=1S/C26H29N5O6/c1-2-20(32)31-7-8-34-16(11-31)9-28-26(33)17-10-27-24-22(17)29-13-30-23(24)21-18(35-12-15-3-4-15)5-6-19-25(21)37-14-36-19/h5-6,10,13,15-16,27H,2-4,7-9,11-12,14H2,1H3,(H,28,33). The van der Waals surface area contributed by atoms with Gasteiger partial charge in [-0.3, -0.25) is 9.59 Å². The number of nitrogens with one attached hydrogen (secondary N) is 2. The molecule has 1 saturated carbocycles. The van der Waals surface area contributed by atoms with Gasteiger partial charge in [-0.2, -0.15) is 0 Å². The lowest BCUT2D eigenvalue weighted by atomic mass is 10.1. The molecule has 1 saturated heterocycles. The second-order valence-electron chi connectivity index (χ2n) is 9.47. The number of amides is 2. The van der Waals surface area contributed by atoms with Crippen molar-refractivity contribution in [1.29, 1.82) is 0 Å². The van der Waals surface area contributed by atoms with Crippen molar-refractivity contribution in [2.75, 3.05) is 39.6 Å². The van der Waals surface area contributed by atoms with Gasteiger partial charge in [-0.15, -0.1) is 0 Å². The molecule has 1 atom stereocenters. The number of rotatable bonds is 8. The van der Waals surface area contributed by atoms with Crippen molar-refractivity contribution < 1.29 is 28.5 Å². The molecule has 37 heavy (non-hydrogen) atoms. The Balaban J connectivity index is 1.25. The number of nitrogens with zero attached hydrogens (tertiary/aromatic N) is 3. The molecule has 0 radical (unpaired) electrons. The minimum absolute atomic E-state index is 0.0859. The van der Waals surface area contributed by atoms with Crippen LogP contribution in [0.2, 0.25) is 0 Å². The summed E-state index contributed by atoms with van der Waals surface area (Å²) in [6.07, 6.45) is 5.58. The van der Waals surface area contributed by atoms with Crippen molar-refractivity contribution in [1.82, 2.24) is 25.2 Å². The Bertz CT molecular complexity index is 1340. The van der Waals surface area contributed by atoms with Crippen LogP contribution in [0.25, 0.3) is 22.3 Å². The zero-order chi connectivity index (χ0) is 25.4. The predicted molar refractivity (Wildman–Crippen MR) is 133 cm³/mol. The molecule has 2 amide bonds. The molecule has 1 aromatic carbocycles. The van der Waals surface area contributed by atoms with Crippen LogP contribution in [0.3, 0.4) is 0 Å². The lowest BCUT2D eigenvalue weighted by Crippen LogP contribution is -2.49. The number of fused-ring (bicyclic) bond motifs is 2. The van der Waals surface area contributed by atoms with E-state index in [0.29, 0.717) is 83.7 Å². The second-order valence-corrected chi connectivity index (χ2v) is 9.47. The molecule has 11 nitrogen and oxygen atoms in total. The van der Waals surface area contributed by atoms with Gasteiger partial charge in [-0.25, -0.2) is 9.97 Å². The first-order valence-corrected chi connectivity index (χ1v) is 12.7. The predicted octanol–water partition coefficient (Wildman–Crippen LogP) is 2.51. The number of hydrogen-bond donors (Lipinski definition) is 2. The van der Waals surface area contributed by atoms with Crippen molar-refractivity contribution in [2.45, 2.75) is 32.3 Å². The van der Waals surface area contributed by atoms with E-state index < -0.39 is 0 Å². The Morgan fingerprint density at radius 3 is 2.97 bits per heavy atom. The number of carbonyl (C=O) groups is 2. The van der Waals surface area contributed by atoms with Gasteiger partial charge in [-0.05, 0) is 30.9 Å². The summed E-state index contributed by atoms with van der Waals surface area (Å²) in [6, 6.07) is 3.70. The van der Waals surface area contributed by atoms with Gasteiger partial charge in [0.25, 0.3) is 5.91 Å². The Morgan fingerprint density at radius 1 is 1.24 bits per heavy atom. The minimum Gasteiger partial charge on any atom is -0.492 e. The monoisotopic (exact) mass is 507 g/mol. The van der Waals surface area contributed by atoms with Crippen LogP contribution in [0, 0.1) is 5.92 Å². The average molecular weight is 508 g/mol. The molecule has 0 bridgehead atoms. The summed E-state index contributed by atoms with van der Waals surface area (Å²) in [4.78, 5) is 39.1. The van der Waals surface area contributed by atoms with E-state index in [1.807, 2.05) is 19.1 Å². The van der Waals surface area contributed by atoms with Crippen molar-refractivity contribution >= 4 is 22.8 Å². The number of ether oxygens (including phenoxy) is 4. The Labute approximate surface area is 213 Å². The van der Waals surface area contributed by atoms with Crippen LogP contribution >= 0.6 is 0 Å². The SMILES string of the molecule is CCC(=O)N1CCOC(CNC(=O)c2c[nH]c3c(-c4c(OCC5CC5)ccc5c4OCO5)ncnc23)C1. The maximum Gasteiger partial charge on any atom is 0.255 e. The zero-order valence-corrected chi connectivity index (χ0v) is 20.6. The van der Waals surface area contributed by atoms with E-state index in [-0.39, 0.29) is 31.3 Å². The Hall–Kier alpha value is -3.86. The van der Waals surface area contributed by atoms with Crippen LogP contribution in [-0.2, 0) is 9.53 Å². The lowest BCUT2D eigenvalue weighted by molar-refractivity contribution is -0.138. The van der Waals surface area contributed by atoms with Crippen LogP contribution in [0.15, 0.2) is 24.7 Å².